The van der Waals surface area contributed by atoms with Crippen LogP contribution in [0.2, 0.25) is 0 Å². The summed E-state index contributed by atoms with van der Waals surface area (Å²) in [5, 5.41) is 138. The quantitative estimate of drug-likeness (QED) is 0.0256. The molecule has 1 aliphatic carbocycles. The highest BCUT2D eigenvalue weighted by molar-refractivity contribution is 7.47. The molecule has 0 aromatic heterocycles. The van der Waals surface area contributed by atoms with Gasteiger partial charge in [0.05, 0.1) is 32.5 Å². The predicted octanol–water partition coefficient (Wildman–Crippen LogP) is -7.06. The maximum atomic E-state index is 13.9. The minimum atomic E-state index is -5.81. The van der Waals surface area contributed by atoms with E-state index in [4.69, 9.17) is 72.6 Å². The average molecular weight is 1380 g/mol. The van der Waals surface area contributed by atoms with Gasteiger partial charge in [-0.15, -0.1) is 0 Å². The zero-order valence-electron chi connectivity index (χ0n) is 51.7. The highest BCUT2D eigenvalue weighted by atomic mass is 31.2. The molecule has 534 valence electrons. The number of carbonyl (C=O) groups excluding carboxylic acids is 6. The van der Waals surface area contributed by atoms with Crippen molar-refractivity contribution in [3.05, 3.63) is 34.8 Å². The van der Waals surface area contributed by atoms with E-state index in [9.17, 15) is 104 Å². The van der Waals surface area contributed by atoms with Crippen molar-refractivity contribution in [3.8, 4) is 0 Å². The second-order valence-electron chi connectivity index (χ2n) is 23.4. The van der Waals surface area contributed by atoms with Gasteiger partial charge < -0.3 is 146 Å². The smallest absolute Gasteiger partial charge is 0.474 e. The molecule has 0 aromatic rings. The zero-order chi connectivity index (χ0) is 70.2. The number of nitrogens with one attached hydrogen (secondary N) is 3. The number of hydrogen-bond donors (Lipinski definition) is 18. The fourth-order valence-corrected chi connectivity index (χ4v) is 11.6. The van der Waals surface area contributed by atoms with Crippen molar-refractivity contribution in [1.29, 1.82) is 0 Å². The first-order chi connectivity index (χ1) is 43.9. The monoisotopic (exact) mass is 1380 g/mol. The van der Waals surface area contributed by atoms with Crippen LogP contribution in [0.25, 0.3) is 0 Å². The first kappa shape index (κ1) is 77.6. The normalized spacial score (nSPS) is 39.0. The summed E-state index contributed by atoms with van der Waals surface area (Å²) in [6.07, 6.45) is -46.2. The lowest BCUT2D eigenvalue weighted by Gasteiger charge is -2.52. The number of rotatable bonds is 28. The molecule has 5 fully saturated rings. The molecule has 5 heterocycles. The first-order valence-corrected chi connectivity index (χ1v) is 30.9. The van der Waals surface area contributed by atoms with Gasteiger partial charge in [0.2, 0.25) is 17.7 Å². The fourth-order valence-electron chi connectivity index (χ4n) is 10.8. The number of amides is 5. The van der Waals surface area contributed by atoms with E-state index in [1.165, 1.54) is 6.92 Å². The average Bonchev–Trinajstić information content (AvgIpc) is 0.833. The third kappa shape index (κ3) is 19.3. The van der Waals surface area contributed by atoms with Crippen LogP contribution in [0.15, 0.2) is 34.8 Å². The molecule has 20 N–H and O–H groups in total. The molecule has 6 aliphatic rings. The van der Waals surface area contributed by atoms with Crippen LogP contribution in [0.3, 0.4) is 0 Å². The van der Waals surface area contributed by atoms with Crippen molar-refractivity contribution in [2.24, 2.45) is 11.5 Å². The number of ether oxygens (including phenoxy) is 11. The Hall–Kier alpha value is -5.38. The summed E-state index contributed by atoms with van der Waals surface area (Å²) in [6, 6.07) is -3.98. The summed E-state index contributed by atoms with van der Waals surface area (Å²) >= 11 is 0. The van der Waals surface area contributed by atoms with Gasteiger partial charge in [0.15, 0.2) is 67.8 Å². The van der Waals surface area contributed by atoms with Crippen LogP contribution in [-0.4, -0.2) is 293 Å². The topological polar surface area (TPSA) is 608 Å². The largest absolute Gasteiger partial charge is 0.510 e. The van der Waals surface area contributed by atoms with E-state index in [-0.39, 0.29) is 19.4 Å². The number of aliphatic hydroxyl groups is 11. The van der Waals surface area contributed by atoms with Crippen LogP contribution in [0.4, 0.5) is 4.79 Å². The van der Waals surface area contributed by atoms with Crippen molar-refractivity contribution in [1.82, 2.24) is 16.0 Å². The summed E-state index contributed by atoms with van der Waals surface area (Å²) in [7, 11) is -5.81. The van der Waals surface area contributed by atoms with Gasteiger partial charge in [0.1, 0.15) is 102 Å². The lowest BCUT2D eigenvalue weighted by atomic mass is 9.85. The number of allylic oxidation sites excluding steroid dienone is 5. The Morgan fingerprint density at radius 2 is 1.30 bits per heavy atom. The van der Waals surface area contributed by atoms with Crippen LogP contribution in [-0.2, 0) is 94.5 Å². The number of phosphoric acid groups is 1. The molecule has 5 saturated heterocycles. The second kappa shape index (κ2) is 33.2. The second-order valence-corrected chi connectivity index (χ2v) is 24.8. The molecule has 0 aromatic carbocycles. The number of hydrogen-bond acceptors (Lipinski definition) is 32. The molecule has 27 atom stereocenters. The molecule has 11 unspecified atom stereocenters. The standard InChI is InChI=1S/C54H84N5O34P/c1-18(2)9-8-10-19(3)13-14-81-27(47(75)76)17-83-94(79,80)93-52-42(43(92-53(56)77)54(7,78)44(91-52)45(55)73)90-49-30(58-22(6)62)33(67)40(26(86-49)16-82-50-37(71)34(68)31(65)25(15-60)85-50)88-48-29(57-21(5)61)32(66)39(20(4)84-48)87-51-38(72)35(69)36(70)41(89-51)46(74)59-28-23(63)11-12-24(28)64/h9,13,20,25-27,29-44,48-52,60,63,65-72,78H,8,10-12,14-17H2,1-7H3,(H2,55,73)(H2,56,77)(H,57,61)(H,58,62)(H,59,74)(H,75,76)(H,79,80)/b19-13-/t20?,25?,26?,27-,29+,30+,31-,32?,33?,34?,35?,36-,37+,38+,39-,40-,41?,42?,43-,44?,48+,49+,50-,51-,52-,54+/m1/s1. The summed E-state index contributed by atoms with van der Waals surface area (Å²) in [6.45, 7) is 5.82. The van der Waals surface area contributed by atoms with E-state index < -0.39 is 240 Å². The summed E-state index contributed by atoms with van der Waals surface area (Å²) in [5.41, 5.74) is 9.42. The van der Waals surface area contributed by atoms with Crippen molar-refractivity contribution >= 4 is 49.3 Å². The number of nitrogens with two attached hydrogens (primary N) is 2. The number of primary amides is 2. The lowest BCUT2D eigenvalue weighted by Crippen LogP contribution is -2.72. The molecule has 5 aliphatic heterocycles. The third-order valence-electron chi connectivity index (χ3n) is 15.8. The van der Waals surface area contributed by atoms with Crippen molar-refractivity contribution in [3.63, 3.8) is 0 Å². The SMILES string of the molecule is CC(=O)N[C@H]1C(O)[C@H](O[C@@H]2OC(C(=O)NC3=C(O)CCC3=O)[C@H](O)C(O)[C@@H]2O)C(C)O[C@H]1O[C@@H]1C(CO[C@@H]2OC(CO)[C@@H](O)C(O)[C@@H]2O)O[C@@H](OC2[C@@H](OP(=O)(O)OC[C@@H](OC/C=C(/C)CCC=C(C)C)C(=O)O)OC(C(N)=O)[C@@](C)(O)[C@@H]2OC(N)=O)[C@@H](NC(C)=O)C1O. The minimum Gasteiger partial charge on any atom is -0.510 e. The number of phosphoric ester groups is 1. The summed E-state index contributed by atoms with van der Waals surface area (Å²) in [5.74, 6) is -7.64. The van der Waals surface area contributed by atoms with Gasteiger partial charge in [-0.05, 0) is 47.5 Å². The third-order valence-corrected chi connectivity index (χ3v) is 16.7. The fraction of sp³-hybridized carbons (Fsp3) is 0.759. The molecule has 39 nitrogen and oxygen atoms in total. The lowest BCUT2D eigenvalue weighted by molar-refractivity contribution is -0.375. The Balaban J connectivity index is 1.34. The van der Waals surface area contributed by atoms with Gasteiger partial charge >= 0.3 is 19.9 Å². The molecule has 0 radical (unpaired) electrons. The highest BCUT2D eigenvalue weighted by Crippen LogP contribution is 2.49. The van der Waals surface area contributed by atoms with E-state index in [0.717, 1.165) is 31.9 Å². The molecule has 40 heteroatoms. The molecular weight excluding hydrogens is 1290 g/mol. The number of aliphatic carboxylic acids is 1. The predicted molar refractivity (Wildman–Crippen MR) is 303 cm³/mol. The van der Waals surface area contributed by atoms with Gasteiger partial charge in [-0.2, -0.15) is 0 Å². The van der Waals surface area contributed by atoms with Crippen LogP contribution in [0, 0.1) is 0 Å². The summed E-state index contributed by atoms with van der Waals surface area (Å²) < 4.78 is 88.0. The van der Waals surface area contributed by atoms with Crippen LogP contribution in [0.5, 0.6) is 0 Å². The van der Waals surface area contributed by atoms with E-state index in [1.54, 1.807) is 13.0 Å². The highest BCUT2D eigenvalue weighted by Gasteiger charge is 2.62. The molecule has 0 spiro atoms. The van der Waals surface area contributed by atoms with Gasteiger partial charge in [-0.25, -0.2) is 14.2 Å². The Kier molecular flexibility index (Phi) is 27.5. The van der Waals surface area contributed by atoms with E-state index in [1.807, 2.05) is 19.9 Å². The maximum Gasteiger partial charge on any atom is 0.474 e. The van der Waals surface area contributed by atoms with Crippen molar-refractivity contribution < 1.29 is 165 Å². The number of aliphatic hydroxyl groups excluding tert-OH is 10. The van der Waals surface area contributed by atoms with Crippen LogP contribution >= 0.6 is 7.82 Å². The Morgan fingerprint density at radius 3 is 1.86 bits per heavy atom. The van der Waals surface area contributed by atoms with Crippen molar-refractivity contribution in [2.45, 2.75) is 233 Å². The first-order valence-electron chi connectivity index (χ1n) is 29.4. The summed E-state index contributed by atoms with van der Waals surface area (Å²) in [4.78, 5) is 101. The van der Waals surface area contributed by atoms with Crippen molar-refractivity contribution in [2.75, 3.05) is 26.4 Å². The zero-order valence-corrected chi connectivity index (χ0v) is 52.6. The molecule has 94 heavy (non-hydrogen) atoms. The number of ketones is 1. The molecule has 5 amide bonds. The Labute approximate surface area is 535 Å². The van der Waals surface area contributed by atoms with Gasteiger partial charge in [0, 0.05) is 26.7 Å². The minimum absolute atomic E-state index is 0.125. The van der Waals surface area contributed by atoms with E-state index in [2.05, 4.69) is 16.0 Å². The Morgan fingerprint density at radius 1 is 0.723 bits per heavy atom. The van der Waals surface area contributed by atoms with Gasteiger partial charge in [-0.1, -0.05) is 23.3 Å². The number of carboxylic acids is 1. The molecule has 0 saturated carbocycles. The molecule has 6 rings (SSSR count). The maximum absolute atomic E-state index is 13.9. The van der Waals surface area contributed by atoms with Crippen LogP contribution < -0.4 is 27.4 Å². The molecular formula is C54H84N5O34P. The Bertz CT molecular complexity index is 2830. The van der Waals surface area contributed by atoms with Gasteiger partial charge in [0.25, 0.3) is 5.91 Å². The number of carboxylic acid groups (broad SMARTS) is 1. The van der Waals surface area contributed by atoms with E-state index in [0.29, 0.717) is 12.8 Å². The van der Waals surface area contributed by atoms with Gasteiger partial charge in [-0.3, -0.25) is 33.0 Å². The molecule has 0 bridgehead atoms. The number of Topliss-reactive ketones (excluding diaryl/α,β-unsaturated/α-hetero) is 1. The van der Waals surface area contributed by atoms with E-state index >= 15 is 0 Å². The number of carbonyl (C=O) groups is 7. The van der Waals surface area contributed by atoms with Crippen LogP contribution in [0.1, 0.15) is 74.1 Å².